The van der Waals surface area contributed by atoms with E-state index >= 15 is 0 Å². The molecular weight excluding hydrogens is 1290 g/mol. The number of nitrogens with zero attached hydrogens (tertiary/aromatic N) is 10. The van der Waals surface area contributed by atoms with Gasteiger partial charge in [-0.05, 0) is 74.4 Å². The Balaban J connectivity index is 1.22. The predicted molar refractivity (Wildman–Crippen MR) is 302 cm³/mol. The highest BCUT2D eigenvalue weighted by atomic mass is 32.2. The van der Waals surface area contributed by atoms with Gasteiger partial charge in [-0.2, -0.15) is 60.9 Å². The molecule has 8 rings (SSSR count). The number of aryl methyl sites for hydroxylation is 1. The SMILES string of the molecule is COc1cc(N=Nc2cc(OCCCS(=O)(=O)O)c(N=Nc3c(C)c(C#N)c4nc5cc(S(=O)(=O)O)c(OC)cc5n4c3O)cc2C)c(SCCCS(=O)(=O)O)cc1N=Nc1nc2c(S(=O)(=O)O)cc3c(S(=O)(=O)O)cc(S(=O)(=O)O)cc3c2s1. The van der Waals surface area contributed by atoms with E-state index in [1.54, 1.807) is 6.92 Å². The zero-order valence-electron chi connectivity index (χ0n) is 43.4. The van der Waals surface area contributed by atoms with Gasteiger partial charge in [-0.15, -0.1) is 37.3 Å². The average Bonchev–Trinajstić information content (AvgIpc) is 1.78. The fourth-order valence-electron chi connectivity index (χ4n) is 8.13. The zero-order valence-corrected chi connectivity index (χ0v) is 50.0. The number of fused-ring (bicyclic) bond motifs is 6. The summed E-state index contributed by atoms with van der Waals surface area (Å²) in [6.45, 7) is 2.63. The minimum atomic E-state index is -5.33. The van der Waals surface area contributed by atoms with Crippen LogP contribution in [0.25, 0.3) is 37.7 Å². The Hall–Kier alpha value is -7.50. The van der Waals surface area contributed by atoms with Gasteiger partial charge >= 0.3 is 0 Å². The molecule has 5 aromatic carbocycles. The van der Waals surface area contributed by atoms with Crippen molar-refractivity contribution in [2.75, 3.05) is 38.1 Å². The van der Waals surface area contributed by atoms with Crippen LogP contribution in [0.1, 0.15) is 29.5 Å². The number of nitriles is 1. The predicted octanol–water partition coefficient (Wildman–Crippen LogP) is 8.72. The number of imidazole rings is 1. The molecule has 0 unspecified atom stereocenters. The Kier molecular flexibility index (Phi) is 17.7. The summed E-state index contributed by atoms with van der Waals surface area (Å²) in [6.07, 6.45) is -0.336. The summed E-state index contributed by atoms with van der Waals surface area (Å²) in [5.74, 6) is -2.50. The van der Waals surface area contributed by atoms with E-state index in [1.807, 2.05) is 6.07 Å². The highest BCUT2D eigenvalue weighted by Gasteiger charge is 2.29. The quantitative estimate of drug-likeness (QED) is 0.0144. The van der Waals surface area contributed by atoms with E-state index in [0.717, 1.165) is 41.5 Å². The van der Waals surface area contributed by atoms with Crippen LogP contribution < -0.4 is 14.2 Å². The van der Waals surface area contributed by atoms with Crippen molar-refractivity contribution in [1.82, 2.24) is 14.4 Å². The van der Waals surface area contributed by atoms with E-state index in [4.69, 9.17) is 14.2 Å². The number of azo groups is 3. The molecule has 0 aliphatic heterocycles. The molecule has 3 heterocycles. The molecule has 0 atom stereocenters. The maximum atomic E-state index is 12.6. The summed E-state index contributed by atoms with van der Waals surface area (Å²) in [5.41, 5.74) is -0.840. The van der Waals surface area contributed by atoms with Crippen LogP contribution in [0.2, 0.25) is 0 Å². The number of thioether (sulfide) groups is 1. The van der Waals surface area contributed by atoms with Crippen molar-refractivity contribution in [2.24, 2.45) is 30.7 Å². The molecule has 8 aromatic rings. The van der Waals surface area contributed by atoms with Crippen molar-refractivity contribution in [3.05, 3.63) is 71.3 Å². The Bertz CT molecular complexity index is 4990. The van der Waals surface area contributed by atoms with Gasteiger partial charge in [0, 0.05) is 39.4 Å². The zero-order chi connectivity index (χ0) is 62.5. The Morgan fingerprint density at radius 1 is 0.624 bits per heavy atom. The molecule has 0 bridgehead atoms. The fourth-order valence-corrected chi connectivity index (χ4v) is 13.9. The van der Waals surface area contributed by atoms with Gasteiger partial charge in [0.2, 0.25) is 11.0 Å². The van der Waals surface area contributed by atoms with Crippen molar-refractivity contribution in [2.45, 2.75) is 51.2 Å². The Morgan fingerprint density at radius 2 is 1.22 bits per heavy atom. The van der Waals surface area contributed by atoms with Crippen LogP contribution in [0.15, 0.2) is 110 Å². The van der Waals surface area contributed by atoms with E-state index in [9.17, 15) is 88.2 Å². The number of methoxy groups -OCH3 is 2. The normalized spacial score (nSPS) is 13.1. The van der Waals surface area contributed by atoms with E-state index in [0.29, 0.717) is 29.0 Å². The number of rotatable bonds is 22. The standard InChI is InChI=1S/C45H40N10O22S8/c1-21-11-29(50-53-40-22(2)26(20-46)43-47-28-18-38(84(69,70)71)35(76-4)19-32(28)55(43)44(40)56)34(77-7-5-9-80(57,58)59)15-27(21)49-52-31-16-33(75-3)30(17-36(31)78-8-6-10-81(60,61)62)51-54-45-48-41-39(85(72,73)74)14-24-25(42(41)79-45)12-23(82(63,64)65)13-37(24)83(66,67)68/h11-19,56H,5-10H2,1-4H3,(H,57,58,59)(H,60,61,62)(H,63,64,65)(H,66,67,68)(H,69,70,71)(H,72,73,74). The second-order valence-electron chi connectivity index (χ2n) is 17.7. The first-order valence-electron chi connectivity index (χ1n) is 23.3. The molecule has 0 spiro atoms. The highest BCUT2D eigenvalue weighted by Crippen LogP contribution is 2.46. The van der Waals surface area contributed by atoms with Crippen LogP contribution in [0.4, 0.5) is 33.6 Å². The van der Waals surface area contributed by atoms with Gasteiger partial charge < -0.3 is 19.3 Å². The Morgan fingerprint density at radius 3 is 1.84 bits per heavy atom. The largest absolute Gasteiger partial charge is 0.495 e. The number of hydrogen-bond acceptors (Lipinski definition) is 27. The van der Waals surface area contributed by atoms with Gasteiger partial charge in [0.15, 0.2) is 11.3 Å². The van der Waals surface area contributed by atoms with Crippen molar-refractivity contribution in [3.63, 3.8) is 0 Å². The second kappa shape index (κ2) is 23.8. The van der Waals surface area contributed by atoms with Crippen molar-refractivity contribution >= 4 is 155 Å². The van der Waals surface area contributed by atoms with E-state index in [-0.39, 0.29) is 114 Å². The number of aromatic nitrogens is 3. The third-order valence-corrected chi connectivity index (χ3v) is 19.1. The summed E-state index contributed by atoms with van der Waals surface area (Å²) in [4.78, 5) is 4.84. The van der Waals surface area contributed by atoms with Crippen LogP contribution in [-0.2, 0) is 60.7 Å². The number of ether oxygens (including phenoxy) is 3. The lowest BCUT2D eigenvalue weighted by Crippen LogP contribution is -2.08. The lowest BCUT2D eigenvalue weighted by Gasteiger charge is -2.12. The molecule has 0 saturated heterocycles. The lowest BCUT2D eigenvalue weighted by molar-refractivity contribution is 0.317. The average molecular weight is 1330 g/mol. The summed E-state index contributed by atoms with van der Waals surface area (Å²) in [5, 5.41) is 46.2. The topological polar surface area (TPSA) is 502 Å². The monoisotopic (exact) mass is 1330 g/mol. The van der Waals surface area contributed by atoms with Crippen LogP contribution in [0, 0.1) is 25.2 Å². The molecule has 0 aliphatic rings. The van der Waals surface area contributed by atoms with E-state index in [2.05, 4.69) is 40.7 Å². The molecule has 0 fully saturated rings. The molecule has 32 nitrogen and oxygen atoms in total. The van der Waals surface area contributed by atoms with Gasteiger partial charge in [0.25, 0.3) is 60.7 Å². The minimum absolute atomic E-state index is 0.0179. The van der Waals surface area contributed by atoms with Gasteiger partial charge in [-0.3, -0.25) is 31.7 Å². The minimum Gasteiger partial charge on any atom is -0.495 e. The molecule has 7 N–H and O–H groups in total. The Labute approximate surface area is 489 Å². The first kappa shape index (κ1) is 63.5. The second-order valence-corrected chi connectivity index (χ2v) is 28.5. The molecular formula is C45H40N10O22S8. The fraction of sp³-hybridized carbons (Fsp3) is 0.222. The molecule has 0 radical (unpaired) electrons. The van der Waals surface area contributed by atoms with Crippen LogP contribution in [0.3, 0.4) is 0 Å². The van der Waals surface area contributed by atoms with E-state index in [1.165, 1.54) is 38.3 Å². The number of thiazole rings is 1. The van der Waals surface area contributed by atoms with Crippen LogP contribution >= 0.6 is 23.1 Å². The van der Waals surface area contributed by atoms with Crippen molar-refractivity contribution in [1.29, 1.82) is 5.26 Å². The van der Waals surface area contributed by atoms with Crippen molar-refractivity contribution < 1.29 is 97.1 Å². The summed E-state index contributed by atoms with van der Waals surface area (Å²) < 4.78 is 221. The number of benzene rings is 5. The number of hydrogen-bond donors (Lipinski definition) is 7. The first-order chi connectivity index (χ1) is 39.5. The molecule has 3 aromatic heterocycles. The van der Waals surface area contributed by atoms with Crippen molar-refractivity contribution in [3.8, 4) is 29.2 Å². The molecule has 85 heavy (non-hydrogen) atoms. The number of aromatic hydroxyl groups is 1. The van der Waals surface area contributed by atoms with Gasteiger partial charge in [0.05, 0.1) is 58.6 Å². The smallest absolute Gasteiger partial charge is 0.298 e. The maximum Gasteiger partial charge on any atom is 0.298 e. The van der Waals surface area contributed by atoms with Crippen LogP contribution in [-0.4, -0.2) is 135 Å². The molecule has 0 aliphatic carbocycles. The molecule has 450 valence electrons. The van der Waals surface area contributed by atoms with Gasteiger partial charge in [0.1, 0.15) is 66.1 Å². The summed E-state index contributed by atoms with van der Waals surface area (Å²) in [7, 11) is -27.1. The lowest BCUT2D eigenvalue weighted by atomic mass is 10.1. The third kappa shape index (κ3) is 14.1. The summed E-state index contributed by atoms with van der Waals surface area (Å²) in [6, 6.07) is 11.2. The maximum absolute atomic E-state index is 12.6. The van der Waals surface area contributed by atoms with Crippen LogP contribution in [0.5, 0.6) is 23.1 Å². The highest BCUT2D eigenvalue weighted by molar-refractivity contribution is 7.99. The number of pyridine rings is 1. The molecule has 0 amide bonds. The first-order valence-corrected chi connectivity index (χ1v) is 34.0. The summed E-state index contributed by atoms with van der Waals surface area (Å²) >= 11 is 1.50. The van der Waals surface area contributed by atoms with E-state index < -0.39 is 114 Å². The molecule has 40 heteroatoms. The van der Waals surface area contributed by atoms with Gasteiger partial charge in [-0.25, -0.2) is 9.97 Å². The molecule has 0 saturated carbocycles. The third-order valence-electron chi connectivity index (χ3n) is 12.0. The van der Waals surface area contributed by atoms with Gasteiger partial charge in [-0.1, -0.05) is 11.3 Å².